The maximum atomic E-state index is 6.08. The van der Waals surface area contributed by atoms with Crippen LogP contribution in [0.5, 0.6) is 0 Å². The van der Waals surface area contributed by atoms with Crippen LogP contribution in [0.2, 0.25) is 0 Å². The summed E-state index contributed by atoms with van der Waals surface area (Å²) in [6.07, 6.45) is 2.00. The zero-order valence-electron chi connectivity index (χ0n) is 8.99. The van der Waals surface area contributed by atoms with E-state index in [0.717, 1.165) is 19.4 Å². The van der Waals surface area contributed by atoms with E-state index in [0.29, 0.717) is 0 Å². The summed E-state index contributed by atoms with van der Waals surface area (Å²) in [5.41, 5.74) is 8.61. The second kappa shape index (κ2) is 5.78. The van der Waals surface area contributed by atoms with E-state index in [1.165, 1.54) is 11.1 Å². The summed E-state index contributed by atoms with van der Waals surface area (Å²) in [6, 6.07) is 8.43. The molecule has 0 spiro atoms. The molecule has 0 saturated heterocycles. The highest BCUT2D eigenvalue weighted by molar-refractivity contribution is 5.28. The third-order valence-electron chi connectivity index (χ3n) is 2.45. The minimum absolute atomic E-state index is 0.145. The summed E-state index contributed by atoms with van der Waals surface area (Å²) < 4.78 is 5.00. The van der Waals surface area contributed by atoms with Crippen LogP contribution in [0.3, 0.4) is 0 Å². The number of nitrogens with two attached hydrogens (primary N) is 1. The summed E-state index contributed by atoms with van der Waals surface area (Å²) >= 11 is 0. The number of hydrogen-bond acceptors (Lipinski definition) is 2. The molecule has 1 aromatic carbocycles. The molecule has 1 aromatic rings. The minimum Gasteiger partial charge on any atom is -0.385 e. The Balaban J connectivity index is 2.51. The maximum absolute atomic E-state index is 6.08. The first kappa shape index (κ1) is 11.2. The van der Waals surface area contributed by atoms with Gasteiger partial charge >= 0.3 is 0 Å². The lowest BCUT2D eigenvalue weighted by molar-refractivity contribution is 0.190. The van der Waals surface area contributed by atoms with Crippen molar-refractivity contribution in [2.45, 2.75) is 25.8 Å². The summed E-state index contributed by atoms with van der Waals surface area (Å²) in [6.45, 7) is 2.89. The molecular weight excluding hydrogens is 174 g/mol. The number of benzene rings is 1. The molecule has 14 heavy (non-hydrogen) atoms. The van der Waals surface area contributed by atoms with E-state index in [-0.39, 0.29) is 6.04 Å². The van der Waals surface area contributed by atoms with E-state index < -0.39 is 0 Å². The molecule has 0 radical (unpaired) electrons. The van der Waals surface area contributed by atoms with Gasteiger partial charge in [0, 0.05) is 19.8 Å². The molecule has 0 aliphatic rings. The number of rotatable bonds is 5. The number of aryl methyl sites for hydroxylation is 1. The van der Waals surface area contributed by atoms with Crippen molar-refractivity contribution in [3.8, 4) is 0 Å². The molecule has 0 aliphatic carbocycles. The molecule has 1 rings (SSSR count). The number of ether oxygens (including phenoxy) is 1. The molecule has 0 amide bonds. The largest absolute Gasteiger partial charge is 0.385 e. The normalized spacial score (nSPS) is 12.8. The summed E-state index contributed by atoms with van der Waals surface area (Å²) in [5, 5.41) is 0. The van der Waals surface area contributed by atoms with Gasteiger partial charge in [0.1, 0.15) is 0 Å². The molecule has 78 valence electrons. The molecule has 0 saturated carbocycles. The van der Waals surface area contributed by atoms with Gasteiger partial charge in [-0.3, -0.25) is 0 Å². The van der Waals surface area contributed by atoms with Crippen molar-refractivity contribution in [2.24, 2.45) is 5.73 Å². The summed E-state index contributed by atoms with van der Waals surface area (Å²) in [4.78, 5) is 0. The van der Waals surface area contributed by atoms with Gasteiger partial charge < -0.3 is 10.5 Å². The molecule has 0 aliphatic heterocycles. The van der Waals surface area contributed by atoms with Gasteiger partial charge in [-0.25, -0.2) is 0 Å². The highest BCUT2D eigenvalue weighted by atomic mass is 16.5. The highest BCUT2D eigenvalue weighted by Crippen LogP contribution is 2.19. The van der Waals surface area contributed by atoms with Gasteiger partial charge in [0.25, 0.3) is 0 Å². The third-order valence-corrected chi connectivity index (χ3v) is 2.45. The lowest BCUT2D eigenvalue weighted by Gasteiger charge is -2.14. The average molecular weight is 193 g/mol. The fourth-order valence-electron chi connectivity index (χ4n) is 1.61. The van der Waals surface area contributed by atoms with Crippen LogP contribution in [0.25, 0.3) is 0 Å². The fraction of sp³-hybridized carbons (Fsp3) is 0.500. The molecular formula is C12H19NO. The van der Waals surface area contributed by atoms with E-state index in [9.17, 15) is 0 Å². The lowest BCUT2D eigenvalue weighted by Crippen LogP contribution is -2.12. The minimum atomic E-state index is 0.145. The first-order valence-corrected chi connectivity index (χ1v) is 5.05. The smallest absolute Gasteiger partial charge is 0.0462 e. The molecule has 0 heterocycles. The van der Waals surface area contributed by atoms with Gasteiger partial charge in [-0.1, -0.05) is 24.3 Å². The van der Waals surface area contributed by atoms with E-state index in [1.807, 2.05) is 12.1 Å². The van der Waals surface area contributed by atoms with Crippen molar-refractivity contribution in [2.75, 3.05) is 13.7 Å². The van der Waals surface area contributed by atoms with Gasteiger partial charge in [-0.05, 0) is 30.9 Å². The Morgan fingerprint density at radius 1 is 1.36 bits per heavy atom. The van der Waals surface area contributed by atoms with Crippen LogP contribution >= 0.6 is 0 Å². The number of methoxy groups -OCH3 is 1. The second-order valence-corrected chi connectivity index (χ2v) is 3.60. The van der Waals surface area contributed by atoms with Gasteiger partial charge in [0.15, 0.2) is 0 Å². The topological polar surface area (TPSA) is 35.2 Å². The van der Waals surface area contributed by atoms with Gasteiger partial charge in [0.05, 0.1) is 0 Å². The van der Waals surface area contributed by atoms with Crippen LogP contribution in [-0.4, -0.2) is 13.7 Å². The fourth-order valence-corrected chi connectivity index (χ4v) is 1.61. The van der Waals surface area contributed by atoms with Crippen LogP contribution in [-0.2, 0) is 4.74 Å². The maximum Gasteiger partial charge on any atom is 0.0462 e. The third kappa shape index (κ3) is 3.13. The molecule has 0 aromatic heterocycles. The van der Waals surface area contributed by atoms with Gasteiger partial charge in [-0.15, -0.1) is 0 Å². The Labute approximate surface area is 86.1 Å². The monoisotopic (exact) mass is 193 g/mol. The molecule has 1 unspecified atom stereocenters. The summed E-state index contributed by atoms with van der Waals surface area (Å²) in [5.74, 6) is 0. The standard InChI is InChI=1S/C12H19NO/c1-10-6-3-4-7-11(10)12(13)8-5-9-14-2/h3-4,6-7,12H,5,8-9,13H2,1-2H3. The van der Waals surface area contributed by atoms with Crippen molar-refractivity contribution in [3.63, 3.8) is 0 Å². The molecule has 2 heteroatoms. The number of hydrogen-bond donors (Lipinski definition) is 1. The lowest BCUT2D eigenvalue weighted by atomic mass is 9.99. The zero-order chi connectivity index (χ0) is 10.4. The van der Waals surface area contributed by atoms with Crippen molar-refractivity contribution in [3.05, 3.63) is 35.4 Å². The van der Waals surface area contributed by atoms with Crippen molar-refractivity contribution >= 4 is 0 Å². The Bertz CT molecular complexity index is 273. The molecule has 0 fully saturated rings. The van der Waals surface area contributed by atoms with E-state index >= 15 is 0 Å². The van der Waals surface area contributed by atoms with Crippen LogP contribution in [0, 0.1) is 6.92 Å². The zero-order valence-corrected chi connectivity index (χ0v) is 8.99. The van der Waals surface area contributed by atoms with Crippen LogP contribution < -0.4 is 5.73 Å². The molecule has 0 bridgehead atoms. The Hall–Kier alpha value is -0.860. The second-order valence-electron chi connectivity index (χ2n) is 3.60. The summed E-state index contributed by atoms with van der Waals surface area (Å²) in [7, 11) is 1.72. The highest BCUT2D eigenvalue weighted by Gasteiger charge is 2.07. The van der Waals surface area contributed by atoms with Crippen LogP contribution in [0.4, 0.5) is 0 Å². The Kier molecular flexibility index (Phi) is 4.63. The van der Waals surface area contributed by atoms with Crippen LogP contribution in [0.1, 0.15) is 30.0 Å². The SMILES string of the molecule is COCCCC(N)c1ccccc1C. The predicted molar refractivity (Wildman–Crippen MR) is 59.2 cm³/mol. The Morgan fingerprint density at radius 3 is 2.71 bits per heavy atom. The molecule has 2 N–H and O–H groups in total. The first-order chi connectivity index (χ1) is 6.75. The predicted octanol–water partition coefficient (Wildman–Crippen LogP) is 2.42. The van der Waals surface area contributed by atoms with E-state index in [1.54, 1.807) is 7.11 Å². The average Bonchev–Trinajstić information content (AvgIpc) is 2.18. The van der Waals surface area contributed by atoms with E-state index in [2.05, 4.69) is 19.1 Å². The van der Waals surface area contributed by atoms with Gasteiger partial charge in [-0.2, -0.15) is 0 Å². The van der Waals surface area contributed by atoms with E-state index in [4.69, 9.17) is 10.5 Å². The van der Waals surface area contributed by atoms with Crippen molar-refractivity contribution < 1.29 is 4.74 Å². The van der Waals surface area contributed by atoms with Gasteiger partial charge in [0.2, 0.25) is 0 Å². The van der Waals surface area contributed by atoms with Crippen molar-refractivity contribution in [1.29, 1.82) is 0 Å². The quantitative estimate of drug-likeness (QED) is 0.729. The van der Waals surface area contributed by atoms with Crippen LogP contribution in [0.15, 0.2) is 24.3 Å². The Morgan fingerprint density at radius 2 is 2.07 bits per heavy atom. The molecule has 2 nitrogen and oxygen atoms in total. The van der Waals surface area contributed by atoms with Crippen molar-refractivity contribution in [1.82, 2.24) is 0 Å². The first-order valence-electron chi connectivity index (χ1n) is 5.05. The molecule has 1 atom stereocenters.